The van der Waals surface area contributed by atoms with Crippen molar-refractivity contribution in [3.8, 4) is 0 Å². The summed E-state index contributed by atoms with van der Waals surface area (Å²) in [5.41, 5.74) is 2.84. The Morgan fingerprint density at radius 2 is 1.54 bits per heavy atom. The molecule has 0 amide bonds. The maximum Gasteiger partial charge on any atom is 0.119 e. The highest BCUT2D eigenvalue weighted by atomic mass is 16.7. The quantitative estimate of drug-likeness (QED) is 0.361. The largest absolute Gasteiger partial charge is 0.364 e. The van der Waals surface area contributed by atoms with Crippen LogP contribution in [0, 0.1) is 0 Å². The summed E-state index contributed by atoms with van der Waals surface area (Å²) in [6.07, 6.45) is 3.08. The lowest BCUT2D eigenvalue weighted by molar-refractivity contribution is -0.140. The molecule has 0 aliphatic carbocycles. The van der Waals surface area contributed by atoms with Crippen LogP contribution in [0.3, 0.4) is 0 Å². The minimum absolute atomic E-state index is 0.0168. The van der Waals surface area contributed by atoms with Gasteiger partial charge in [-0.25, -0.2) is 0 Å². The molecule has 0 saturated heterocycles. The second-order valence-corrected chi connectivity index (χ2v) is 3.13. The van der Waals surface area contributed by atoms with Crippen molar-refractivity contribution in [3.63, 3.8) is 0 Å². The Morgan fingerprint density at radius 1 is 1.00 bits per heavy atom. The minimum atomic E-state index is -0.0168. The second kappa shape index (κ2) is 7.30. The Kier molecular flexibility index (Phi) is 7.23. The van der Waals surface area contributed by atoms with Gasteiger partial charge in [0.15, 0.2) is 0 Å². The molecule has 0 radical (unpaired) electrons. The molecule has 0 aromatic heterocycles. The number of hydrogen-bond acceptors (Lipinski definition) is 3. The lowest BCUT2D eigenvalue weighted by atomic mass is 9.94. The molecular formula is C10H23NO2. The van der Waals surface area contributed by atoms with Crippen LogP contribution in [0.4, 0.5) is 0 Å². The molecule has 0 fully saturated rings. The van der Waals surface area contributed by atoms with Crippen LogP contribution in [0.25, 0.3) is 0 Å². The van der Waals surface area contributed by atoms with Gasteiger partial charge in [-0.1, -0.05) is 20.8 Å². The fourth-order valence-electron chi connectivity index (χ4n) is 1.29. The first-order chi connectivity index (χ1) is 6.24. The van der Waals surface area contributed by atoms with E-state index < -0.39 is 0 Å². The van der Waals surface area contributed by atoms with Crippen LogP contribution in [0.15, 0.2) is 0 Å². The summed E-state index contributed by atoms with van der Waals surface area (Å²) in [6, 6.07) is 0. The first-order valence-corrected chi connectivity index (χ1v) is 5.23. The Hall–Kier alpha value is -0.120. The van der Waals surface area contributed by atoms with E-state index in [1.54, 1.807) is 0 Å². The summed E-state index contributed by atoms with van der Waals surface area (Å²) in [5, 5.41) is 0. The average Bonchev–Trinajstić information content (AvgIpc) is 2.20. The number of nitrogens with one attached hydrogen (secondary N) is 1. The maximum absolute atomic E-state index is 5.60. The predicted octanol–water partition coefficient (Wildman–Crippen LogP) is 2.47. The molecule has 0 unspecified atom stereocenters. The highest BCUT2D eigenvalue weighted by Gasteiger charge is 2.24. The summed E-state index contributed by atoms with van der Waals surface area (Å²) in [6.45, 7) is 9.60. The van der Waals surface area contributed by atoms with Crippen LogP contribution in [0.2, 0.25) is 0 Å². The van der Waals surface area contributed by atoms with E-state index in [0.29, 0.717) is 13.3 Å². The van der Waals surface area contributed by atoms with E-state index in [0.717, 1.165) is 19.3 Å². The highest BCUT2D eigenvalue weighted by molar-refractivity contribution is 4.74. The van der Waals surface area contributed by atoms with Gasteiger partial charge in [-0.2, -0.15) is 5.48 Å². The van der Waals surface area contributed by atoms with E-state index in [9.17, 15) is 0 Å². The third-order valence-corrected chi connectivity index (χ3v) is 2.59. The van der Waals surface area contributed by atoms with Crippen LogP contribution < -0.4 is 5.48 Å². The molecule has 0 aliphatic rings. The van der Waals surface area contributed by atoms with Gasteiger partial charge in [0.25, 0.3) is 0 Å². The van der Waals surface area contributed by atoms with E-state index in [-0.39, 0.29) is 5.60 Å². The fraction of sp³-hybridized carbons (Fsp3) is 1.00. The van der Waals surface area contributed by atoms with Crippen molar-refractivity contribution in [2.24, 2.45) is 0 Å². The molecule has 0 bridgehead atoms. The van der Waals surface area contributed by atoms with Gasteiger partial charge >= 0.3 is 0 Å². The zero-order chi connectivity index (χ0) is 10.2. The maximum atomic E-state index is 5.60. The zero-order valence-corrected chi connectivity index (χ0v) is 9.35. The van der Waals surface area contributed by atoms with E-state index in [1.165, 1.54) is 0 Å². The minimum Gasteiger partial charge on any atom is -0.364 e. The lowest BCUT2D eigenvalue weighted by Crippen LogP contribution is -2.37. The molecule has 0 rings (SSSR count). The van der Waals surface area contributed by atoms with Crippen molar-refractivity contribution in [2.75, 3.05) is 13.3 Å². The van der Waals surface area contributed by atoms with Crippen molar-refractivity contribution in [1.82, 2.24) is 5.48 Å². The van der Waals surface area contributed by atoms with Gasteiger partial charge < -0.3 is 4.74 Å². The van der Waals surface area contributed by atoms with E-state index in [2.05, 4.69) is 26.3 Å². The molecular weight excluding hydrogens is 166 g/mol. The Balaban J connectivity index is 3.68. The van der Waals surface area contributed by atoms with Crippen molar-refractivity contribution in [2.45, 2.75) is 52.6 Å². The Bertz CT molecular complexity index is 105. The molecule has 0 atom stereocenters. The first kappa shape index (κ1) is 12.9. The molecule has 0 aromatic carbocycles. The predicted molar refractivity (Wildman–Crippen MR) is 54.3 cm³/mol. The summed E-state index contributed by atoms with van der Waals surface area (Å²) in [4.78, 5) is 5.60. The number of ether oxygens (including phenoxy) is 1. The molecule has 0 aliphatic heterocycles. The molecule has 0 saturated carbocycles. The van der Waals surface area contributed by atoms with Crippen LogP contribution in [-0.2, 0) is 9.57 Å². The van der Waals surface area contributed by atoms with Gasteiger partial charge in [-0.3, -0.25) is 4.84 Å². The topological polar surface area (TPSA) is 30.5 Å². The summed E-state index contributed by atoms with van der Waals surface area (Å²) in [7, 11) is 0. The normalized spacial score (nSPS) is 12.0. The standard InChI is InChI=1S/C10H23NO2/c1-5-10(6-2,7-3)13-11-9-12-8-4/h11H,5-9H2,1-4H3. The van der Waals surface area contributed by atoms with Crippen LogP contribution in [0.5, 0.6) is 0 Å². The number of hydroxylamine groups is 1. The molecule has 3 nitrogen and oxygen atoms in total. The highest BCUT2D eigenvalue weighted by Crippen LogP contribution is 2.22. The van der Waals surface area contributed by atoms with Crippen LogP contribution in [0.1, 0.15) is 47.0 Å². The van der Waals surface area contributed by atoms with E-state index >= 15 is 0 Å². The van der Waals surface area contributed by atoms with Crippen LogP contribution in [-0.4, -0.2) is 18.9 Å². The molecule has 13 heavy (non-hydrogen) atoms. The van der Waals surface area contributed by atoms with Gasteiger partial charge in [0, 0.05) is 6.61 Å². The fourth-order valence-corrected chi connectivity index (χ4v) is 1.29. The SMILES string of the molecule is CCOCNOC(CC)(CC)CC. The summed E-state index contributed by atoms with van der Waals surface area (Å²) in [5.74, 6) is 0. The zero-order valence-electron chi connectivity index (χ0n) is 9.35. The number of hydrogen-bond donors (Lipinski definition) is 1. The van der Waals surface area contributed by atoms with Gasteiger partial charge in [-0.15, -0.1) is 0 Å². The van der Waals surface area contributed by atoms with Gasteiger partial charge in [-0.05, 0) is 26.2 Å². The Labute approximate surface area is 81.8 Å². The molecule has 1 N–H and O–H groups in total. The molecule has 80 valence electrons. The van der Waals surface area contributed by atoms with Crippen molar-refractivity contribution in [3.05, 3.63) is 0 Å². The number of rotatable bonds is 8. The first-order valence-electron chi connectivity index (χ1n) is 5.23. The smallest absolute Gasteiger partial charge is 0.119 e. The third kappa shape index (κ3) is 4.60. The molecule has 0 spiro atoms. The monoisotopic (exact) mass is 189 g/mol. The molecule has 0 aromatic rings. The molecule has 3 heteroatoms. The van der Waals surface area contributed by atoms with Crippen molar-refractivity contribution in [1.29, 1.82) is 0 Å². The van der Waals surface area contributed by atoms with E-state index in [1.807, 2.05) is 6.92 Å². The van der Waals surface area contributed by atoms with Crippen molar-refractivity contribution < 1.29 is 9.57 Å². The van der Waals surface area contributed by atoms with Gasteiger partial charge in [0.1, 0.15) is 6.73 Å². The Morgan fingerprint density at radius 3 is 1.92 bits per heavy atom. The molecule has 0 heterocycles. The summed E-state index contributed by atoms with van der Waals surface area (Å²) < 4.78 is 5.13. The average molecular weight is 189 g/mol. The summed E-state index contributed by atoms with van der Waals surface area (Å²) >= 11 is 0. The third-order valence-electron chi connectivity index (χ3n) is 2.59. The lowest BCUT2D eigenvalue weighted by Gasteiger charge is -2.29. The van der Waals surface area contributed by atoms with Gasteiger partial charge in [0.05, 0.1) is 5.60 Å². The van der Waals surface area contributed by atoms with Gasteiger partial charge in [0.2, 0.25) is 0 Å². The van der Waals surface area contributed by atoms with Crippen molar-refractivity contribution >= 4 is 0 Å². The second-order valence-electron chi connectivity index (χ2n) is 3.13. The van der Waals surface area contributed by atoms with E-state index in [4.69, 9.17) is 9.57 Å². The van der Waals surface area contributed by atoms with Crippen LogP contribution >= 0.6 is 0 Å².